The number of benzene rings is 3. The molecule has 1 heterocycles. The van der Waals surface area contributed by atoms with Crippen LogP contribution in [0.3, 0.4) is 0 Å². The molecule has 2 amide bonds. The van der Waals surface area contributed by atoms with Crippen molar-refractivity contribution in [1.82, 2.24) is 9.79 Å². The van der Waals surface area contributed by atoms with Crippen molar-refractivity contribution in [2.45, 2.75) is 24.4 Å². The number of amides is 2. The molecular weight excluding hydrogens is 506 g/mol. The van der Waals surface area contributed by atoms with Gasteiger partial charge in [-0.15, -0.1) is 0 Å². The molecule has 1 aliphatic heterocycles. The van der Waals surface area contributed by atoms with Crippen LogP contribution in [0.25, 0.3) is 0 Å². The van der Waals surface area contributed by atoms with Crippen molar-refractivity contribution in [2.75, 3.05) is 18.6 Å². The van der Waals surface area contributed by atoms with Crippen molar-refractivity contribution in [2.24, 2.45) is 0 Å². The van der Waals surface area contributed by atoms with E-state index in [1.165, 1.54) is 36.3 Å². The zero-order chi connectivity index (χ0) is 26.0. The first-order chi connectivity index (χ1) is 17.2. The molecule has 188 valence electrons. The van der Waals surface area contributed by atoms with Gasteiger partial charge in [0.15, 0.2) is 0 Å². The lowest BCUT2D eigenvalue weighted by Crippen LogP contribution is -2.53. The highest BCUT2D eigenvalue weighted by Gasteiger charge is 2.42. The second-order valence-electron chi connectivity index (χ2n) is 8.19. The largest absolute Gasteiger partial charge is 0.497 e. The molecule has 0 saturated carbocycles. The number of hydrogen-bond acceptors (Lipinski definition) is 6. The van der Waals surface area contributed by atoms with Crippen LogP contribution in [0, 0.1) is 6.92 Å². The number of fused-ring (bicyclic) bond motifs is 1. The summed E-state index contributed by atoms with van der Waals surface area (Å²) < 4.78 is 33.6. The number of carbonyl (C=O) groups excluding carboxylic acids is 2. The fourth-order valence-electron chi connectivity index (χ4n) is 4.20. The van der Waals surface area contributed by atoms with Crippen LogP contribution < -0.4 is 15.1 Å². The van der Waals surface area contributed by atoms with E-state index in [0.29, 0.717) is 22.6 Å². The van der Waals surface area contributed by atoms with Crippen molar-refractivity contribution >= 4 is 39.1 Å². The average Bonchev–Trinajstić information content (AvgIpc) is 3.06. The number of para-hydroxylation sites is 1. The van der Waals surface area contributed by atoms with Gasteiger partial charge in [0, 0.05) is 12.2 Å². The summed E-state index contributed by atoms with van der Waals surface area (Å²) in [7, 11) is -2.78. The molecular formula is C25H24ClN3O6S. The monoisotopic (exact) mass is 529 g/mol. The molecule has 0 saturated heterocycles. The van der Waals surface area contributed by atoms with E-state index >= 15 is 0 Å². The molecule has 1 atom stereocenters. The van der Waals surface area contributed by atoms with E-state index < -0.39 is 27.9 Å². The Kier molecular flexibility index (Phi) is 7.32. The molecule has 3 aromatic carbocycles. The molecule has 1 aliphatic rings. The third kappa shape index (κ3) is 4.68. The summed E-state index contributed by atoms with van der Waals surface area (Å²) in [5.41, 5.74) is 3.35. The number of carbonyl (C=O) groups is 2. The number of hydroxylamine groups is 1. The molecule has 0 bridgehead atoms. The first-order valence-electron chi connectivity index (χ1n) is 10.9. The number of ether oxygens (including phenoxy) is 1. The number of rotatable bonds is 5. The maximum Gasteiger partial charge on any atom is 0.263 e. The van der Waals surface area contributed by atoms with Gasteiger partial charge in [-0.05, 0) is 54.4 Å². The molecule has 11 heteroatoms. The van der Waals surface area contributed by atoms with Crippen molar-refractivity contribution < 1.29 is 28.0 Å². The summed E-state index contributed by atoms with van der Waals surface area (Å²) >= 11 is 6.36. The van der Waals surface area contributed by atoms with Gasteiger partial charge >= 0.3 is 0 Å². The molecule has 36 heavy (non-hydrogen) atoms. The summed E-state index contributed by atoms with van der Waals surface area (Å²) in [6.07, 6.45) is 0. The summed E-state index contributed by atoms with van der Waals surface area (Å²) in [6.45, 7) is 1.16. The molecule has 2 N–H and O–H groups in total. The molecule has 9 nitrogen and oxygen atoms in total. The second-order valence-corrected chi connectivity index (χ2v) is 10.5. The van der Waals surface area contributed by atoms with Crippen LogP contribution in [0.2, 0.25) is 5.02 Å². The van der Waals surface area contributed by atoms with E-state index in [9.17, 15) is 23.2 Å². The first-order valence-corrected chi connectivity index (χ1v) is 12.8. The van der Waals surface area contributed by atoms with Gasteiger partial charge in [-0.25, -0.2) is 13.9 Å². The van der Waals surface area contributed by atoms with Crippen LogP contribution in [0.1, 0.15) is 21.5 Å². The highest BCUT2D eigenvalue weighted by Crippen LogP contribution is 2.34. The molecule has 4 rings (SSSR count). The van der Waals surface area contributed by atoms with Crippen molar-refractivity contribution in [3.8, 4) is 5.75 Å². The Balaban J connectivity index is 1.86. The zero-order valence-electron chi connectivity index (χ0n) is 19.5. The highest BCUT2D eigenvalue weighted by atomic mass is 35.5. The molecule has 0 aliphatic carbocycles. The van der Waals surface area contributed by atoms with Gasteiger partial charge in [0.2, 0.25) is 10.0 Å². The smallest absolute Gasteiger partial charge is 0.263 e. The molecule has 0 fully saturated rings. The quantitative estimate of drug-likeness (QED) is 0.386. The predicted molar refractivity (Wildman–Crippen MR) is 134 cm³/mol. The summed E-state index contributed by atoms with van der Waals surface area (Å²) in [4.78, 5) is 27.9. The zero-order valence-corrected chi connectivity index (χ0v) is 21.1. The Labute approximate surface area is 213 Å². The van der Waals surface area contributed by atoms with Crippen LogP contribution in [0.4, 0.5) is 5.69 Å². The molecule has 0 radical (unpaired) electrons. The number of methoxy groups -OCH3 is 1. The molecule has 0 aromatic heterocycles. The topological polar surface area (TPSA) is 116 Å². The number of aryl methyl sites for hydroxylation is 1. The van der Waals surface area contributed by atoms with Gasteiger partial charge in [0.25, 0.3) is 11.8 Å². The van der Waals surface area contributed by atoms with Crippen LogP contribution in [-0.4, -0.2) is 49.4 Å². The Morgan fingerprint density at radius 3 is 2.39 bits per heavy atom. The lowest BCUT2D eigenvalue weighted by atomic mass is 10.1. The van der Waals surface area contributed by atoms with Crippen LogP contribution in [0.15, 0.2) is 71.6 Å². The number of halogens is 1. The molecule has 1 unspecified atom stereocenters. The minimum Gasteiger partial charge on any atom is -0.497 e. The Bertz CT molecular complexity index is 1390. The van der Waals surface area contributed by atoms with Crippen LogP contribution in [0.5, 0.6) is 5.75 Å². The summed E-state index contributed by atoms with van der Waals surface area (Å²) in [5, 5.41) is 9.72. The first kappa shape index (κ1) is 25.6. The standard InChI is InChI=1S/C25H24ClN3O6S/c1-16-6-5-8-20(26)23(16)25(31)28-15-22(24(30)27-32)29(14-17-7-3-4-9-21(17)28)36(33,34)19-12-10-18(35-2)11-13-19/h3-13,22,32H,14-15H2,1-2H3,(H,27,30). The van der Waals surface area contributed by atoms with Crippen LogP contribution >= 0.6 is 11.6 Å². The van der Waals surface area contributed by atoms with Gasteiger partial charge in [0.1, 0.15) is 11.8 Å². The van der Waals surface area contributed by atoms with Gasteiger partial charge in [0.05, 0.1) is 29.1 Å². The van der Waals surface area contributed by atoms with E-state index in [1.54, 1.807) is 54.9 Å². The number of anilines is 1. The van der Waals surface area contributed by atoms with Crippen LogP contribution in [-0.2, 0) is 21.4 Å². The minimum atomic E-state index is -4.25. The van der Waals surface area contributed by atoms with Crippen molar-refractivity contribution in [3.63, 3.8) is 0 Å². The second kappa shape index (κ2) is 10.3. The van der Waals surface area contributed by atoms with E-state index in [-0.39, 0.29) is 28.6 Å². The van der Waals surface area contributed by atoms with Gasteiger partial charge < -0.3 is 9.64 Å². The molecule has 3 aromatic rings. The Morgan fingerprint density at radius 1 is 1.06 bits per heavy atom. The van der Waals surface area contributed by atoms with Gasteiger partial charge in [-0.2, -0.15) is 4.31 Å². The maximum atomic E-state index is 13.8. The summed E-state index contributed by atoms with van der Waals surface area (Å²) in [6, 6.07) is 16.1. The van der Waals surface area contributed by atoms with Gasteiger partial charge in [-0.1, -0.05) is 41.9 Å². The third-order valence-corrected chi connectivity index (χ3v) is 8.26. The highest BCUT2D eigenvalue weighted by molar-refractivity contribution is 7.89. The fraction of sp³-hybridized carbons (Fsp3) is 0.200. The van der Waals surface area contributed by atoms with E-state index in [4.69, 9.17) is 16.3 Å². The van der Waals surface area contributed by atoms with E-state index in [1.807, 2.05) is 0 Å². The fourth-order valence-corrected chi connectivity index (χ4v) is 6.06. The predicted octanol–water partition coefficient (Wildman–Crippen LogP) is 3.38. The van der Waals surface area contributed by atoms with E-state index in [0.717, 1.165) is 4.31 Å². The lowest BCUT2D eigenvalue weighted by Gasteiger charge is -2.30. The average molecular weight is 530 g/mol. The SMILES string of the molecule is COc1ccc(S(=O)(=O)N2Cc3ccccc3N(C(=O)c3c(C)cccc3Cl)CC2C(=O)NO)cc1. The van der Waals surface area contributed by atoms with E-state index in [2.05, 4.69) is 0 Å². The number of sulfonamides is 1. The maximum absolute atomic E-state index is 13.8. The van der Waals surface area contributed by atoms with Crippen molar-refractivity contribution in [1.29, 1.82) is 0 Å². The molecule has 0 spiro atoms. The normalized spacial score (nSPS) is 16.1. The summed E-state index contributed by atoms with van der Waals surface area (Å²) in [5.74, 6) is -1.01. The minimum absolute atomic E-state index is 0.0711. The van der Waals surface area contributed by atoms with Gasteiger partial charge in [-0.3, -0.25) is 14.8 Å². The number of hydrogen-bond donors (Lipinski definition) is 2. The Hall–Kier alpha value is -3.44. The van der Waals surface area contributed by atoms with Crippen molar-refractivity contribution in [3.05, 3.63) is 88.4 Å². The number of nitrogens with one attached hydrogen (secondary N) is 1. The third-order valence-electron chi connectivity index (χ3n) is 6.07. The number of nitrogens with zero attached hydrogens (tertiary/aromatic N) is 2. The Morgan fingerprint density at radius 2 is 1.75 bits per heavy atom. The lowest BCUT2D eigenvalue weighted by molar-refractivity contribution is -0.133.